The van der Waals surface area contributed by atoms with Crippen LogP contribution in [0.4, 0.5) is 5.69 Å². The third-order valence-corrected chi connectivity index (χ3v) is 3.60. The fourth-order valence-corrected chi connectivity index (χ4v) is 2.25. The average Bonchev–Trinajstić information content (AvgIpc) is 2.72. The summed E-state index contributed by atoms with van der Waals surface area (Å²) in [6.45, 7) is 1.19. The van der Waals surface area contributed by atoms with Gasteiger partial charge in [-0.2, -0.15) is 5.26 Å². The molecule has 0 saturated carbocycles. The van der Waals surface area contributed by atoms with E-state index in [2.05, 4.69) is 5.32 Å². The van der Waals surface area contributed by atoms with Crippen molar-refractivity contribution in [3.8, 4) is 23.3 Å². The summed E-state index contributed by atoms with van der Waals surface area (Å²) in [5, 5.41) is 11.4. The van der Waals surface area contributed by atoms with E-state index in [0.29, 0.717) is 11.4 Å². The van der Waals surface area contributed by atoms with Gasteiger partial charge in [0.1, 0.15) is 11.8 Å². The first kappa shape index (κ1) is 20.6. The van der Waals surface area contributed by atoms with Crippen molar-refractivity contribution in [3.63, 3.8) is 0 Å². The Morgan fingerprint density at radius 2 is 1.79 bits per heavy atom. The maximum atomic E-state index is 12.1. The fourth-order valence-electron chi connectivity index (χ4n) is 2.25. The van der Waals surface area contributed by atoms with Gasteiger partial charge in [0.15, 0.2) is 24.2 Å². The zero-order valence-corrected chi connectivity index (χ0v) is 15.7. The normalized spacial score (nSPS) is 10.9. The Hall–Kier alpha value is -3.73. The van der Waals surface area contributed by atoms with Crippen LogP contribution in [0.2, 0.25) is 0 Å². The van der Waals surface area contributed by atoms with Crippen molar-refractivity contribution in [2.45, 2.75) is 13.0 Å². The molecule has 8 nitrogen and oxygen atoms in total. The number of carbonyl (C=O) groups excluding carboxylic acids is 2. The van der Waals surface area contributed by atoms with Gasteiger partial charge in [0, 0.05) is 0 Å². The van der Waals surface area contributed by atoms with Crippen LogP contribution in [0, 0.1) is 11.3 Å². The molecule has 0 unspecified atom stereocenters. The SMILES string of the molecule is COc1ccccc1NC(=O)COc1ccc(C(=O)O[C@@H](C)C#N)cc1OC. The highest BCUT2D eigenvalue weighted by Crippen LogP contribution is 2.29. The van der Waals surface area contributed by atoms with Gasteiger partial charge in [-0.15, -0.1) is 0 Å². The number of nitrogens with zero attached hydrogens (tertiary/aromatic N) is 1. The van der Waals surface area contributed by atoms with E-state index in [9.17, 15) is 9.59 Å². The van der Waals surface area contributed by atoms with Crippen molar-refractivity contribution in [1.82, 2.24) is 0 Å². The van der Waals surface area contributed by atoms with E-state index in [1.165, 1.54) is 39.3 Å². The minimum Gasteiger partial charge on any atom is -0.495 e. The second kappa shape index (κ2) is 9.83. The summed E-state index contributed by atoms with van der Waals surface area (Å²) >= 11 is 0. The summed E-state index contributed by atoms with van der Waals surface area (Å²) in [6.07, 6.45) is -0.868. The van der Waals surface area contributed by atoms with Crippen LogP contribution in [0.15, 0.2) is 42.5 Å². The molecule has 1 N–H and O–H groups in total. The lowest BCUT2D eigenvalue weighted by Crippen LogP contribution is -2.20. The van der Waals surface area contributed by atoms with Gasteiger partial charge < -0.3 is 24.3 Å². The molecule has 28 heavy (non-hydrogen) atoms. The molecule has 0 heterocycles. The highest BCUT2D eigenvalue weighted by Gasteiger charge is 2.16. The van der Waals surface area contributed by atoms with Crippen molar-refractivity contribution >= 4 is 17.6 Å². The van der Waals surface area contributed by atoms with Crippen LogP contribution in [0.1, 0.15) is 17.3 Å². The number of hydrogen-bond acceptors (Lipinski definition) is 7. The van der Waals surface area contributed by atoms with Gasteiger partial charge in [0.25, 0.3) is 5.91 Å². The summed E-state index contributed by atoms with van der Waals surface area (Å²) in [7, 11) is 2.92. The molecule has 1 atom stereocenters. The second-order valence-corrected chi connectivity index (χ2v) is 5.58. The van der Waals surface area contributed by atoms with Gasteiger partial charge in [-0.3, -0.25) is 4.79 Å². The summed E-state index contributed by atoms with van der Waals surface area (Å²) in [6, 6.07) is 13.2. The smallest absolute Gasteiger partial charge is 0.339 e. The van der Waals surface area contributed by atoms with Crippen LogP contribution in [-0.2, 0) is 9.53 Å². The Kier molecular flexibility index (Phi) is 7.22. The van der Waals surface area contributed by atoms with E-state index in [4.69, 9.17) is 24.2 Å². The first-order valence-corrected chi connectivity index (χ1v) is 8.32. The monoisotopic (exact) mass is 384 g/mol. The number of carbonyl (C=O) groups is 2. The van der Waals surface area contributed by atoms with Crippen LogP contribution < -0.4 is 19.5 Å². The Morgan fingerprint density at radius 3 is 2.46 bits per heavy atom. The summed E-state index contributed by atoms with van der Waals surface area (Å²) in [4.78, 5) is 24.1. The largest absolute Gasteiger partial charge is 0.495 e. The number of benzene rings is 2. The van der Waals surface area contributed by atoms with Gasteiger partial charge >= 0.3 is 5.97 Å². The molecule has 0 aromatic heterocycles. The topological polar surface area (TPSA) is 107 Å². The molecule has 0 aliphatic carbocycles. The molecule has 0 fully saturated rings. The highest BCUT2D eigenvalue weighted by atomic mass is 16.5. The number of nitrogens with one attached hydrogen (secondary N) is 1. The average molecular weight is 384 g/mol. The van der Waals surface area contributed by atoms with Crippen molar-refractivity contribution in [2.24, 2.45) is 0 Å². The quantitative estimate of drug-likeness (QED) is 0.697. The minimum atomic E-state index is -0.868. The lowest BCUT2D eigenvalue weighted by Gasteiger charge is -2.13. The van der Waals surface area contributed by atoms with Crippen LogP contribution in [0.5, 0.6) is 17.2 Å². The molecule has 2 aromatic rings. The molecule has 146 valence electrons. The molecule has 0 saturated heterocycles. The number of esters is 1. The van der Waals surface area contributed by atoms with Gasteiger partial charge in [0.05, 0.1) is 25.5 Å². The number of nitriles is 1. The van der Waals surface area contributed by atoms with Crippen molar-refractivity contribution in [1.29, 1.82) is 5.26 Å². The zero-order chi connectivity index (χ0) is 20.5. The standard InChI is InChI=1S/C20H20N2O6/c1-13(11-21)28-20(24)14-8-9-17(18(10-14)26-3)27-12-19(23)22-15-6-4-5-7-16(15)25-2/h4-10,13H,12H2,1-3H3,(H,22,23)/t13-/m0/s1. The number of ether oxygens (including phenoxy) is 4. The Bertz CT molecular complexity index is 891. The summed E-state index contributed by atoms with van der Waals surface area (Å²) < 4.78 is 20.8. The number of methoxy groups -OCH3 is 2. The predicted molar refractivity (Wildman–Crippen MR) is 101 cm³/mol. The molecule has 2 aromatic carbocycles. The lowest BCUT2D eigenvalue weighted by atomic mass is 10.2. The molecule has 0 aliphatic heterocycles. The first-order valence-electron chi connectivity index (χ1n) is 8.32. The molecular weight excluding hydrogens is 364 g/mol. The molecule has 0 aliphatic rings. The first-order chi connectivity index (χ1) is 13.5. The molecule has 1 amide bonds. The van der Waals surface area contributed by atoms with E-state index in [-0.39, 0.29) is 23.7 Å². The molecule has 0 spiro atoms. The number of rotatable bonds is 8. The van der Waals surface area contributed by atoms with Crippen molar-refractivity contribution < 1.29 is 28.5 Å². The number of anilines is 1. The number of amides is 1. The molecule has 0 bridgehead atoms. The Morgan fingerprint density at radius 1 is 1.07 bits per heavy atom. The zero-order valence-electron chi connectivity index (χ0n) is 15.7. The van der Waals surface area contributed by atoms with E-state index in [1.54, 1.807) is 24.3 Å². The highest BCUT2D eigenvalue weighted by molar-refractivity contribution is 5.93. The molecule has 8 heteroatoms. The fraction of sp³-hybridized carbons (Fsp3) is 0.250. The molecule has 2 rings (SSSR count). The van der Waals surface area contributed by atoms with Crippen molar-refractivity contribution in [2.75, 3.05) is 26.1 Å². The van der Waals surface area contributed by atoms with Crippen LogP contribution in [-0.4, -0.2) is 38.8 Å². The lowest BCUT2D eigenvalue weighted by molar-refractivity contribution is -0.118. The van der Waals surface area contributed by atoms with Gasteiger partial charge in [-0.1, -0.05) is 12.1 Å². The number of para-hydroxylation sites is 2. The van der Waals surface area contributed by atoms with E-state index in [1.807, 2.05) is 6.07 Å². The third kappa shape index (κ3) is 5.38. The summed E-state index contributed by atoms with van der Waals surface area (Å²) in [5.74, 6) is 0.0142. The predicted octanol–water partition coefficient (Wildman–Crippen LogP) is 2.79. The Labute approximate surface area is 162 Å². The maximum Gasteiger partial charge on any atom is 0.339 e. The molecule has 0 radical (unpaired) electrons. The van der Waals surface area contributed by atoms with Gasteiger partial charge in [-0.25, -0.2) is 4.79 Å². The van der Waals surface area contributed by atoms with E-state index < -0.39 is 18.0 Å². The number of hydrogen-bond donors (Lipinski definition) is 1. The molecular formula is C20H20N2O6. The van der Waals surface area contributed by atoms with Gasteiger partial charge in [0.2, 0.25) is 0 Å². The summed E-state index contributed by atoms with van der Waals surface area (Å²) in [5.41, 5.74) is 0.722. The third-order valence-electron chi connectivity index (χ3n) is 3.60. The van der Waals surface area contributed by atoms with Crippen LogP contribution in [0.3, 0.4) is 0 Å². The van der Waals surface area contributed by atoms with Gasteiger partial charge in [-0.05, 0) is 37.3 Å². The van der Waals surface area contributed by atoms with Crippen molar-refractivity contribution in [3.05, 3.63) is 48.0 Å². The Balaban J connectivity index is 2.02. The minimum absolute atomic E-state index is 0.199. The van der Waals surface area contributed by atoms with E-state index >= 15 is 0 Å². The van der Waals surface area contributed by atoms with Crippen LogP contribution >= 0.6 is 0 Å². The van der Waals surface area contributed by atoms with E-state index in [0.717, 1.165) is 0 Å². The second-order valence-electron chi connectivity index (χ2n) is 5.58. The van der Waals surface area contributed by atoms with Crippen LogP contribution in [0.25, 0.3) is 0 Å². The maximum absolute atomic E-state index is 12.1.